The summed E-state index contributed by atoms with van der Waals surface area (Å²) in [6.07, 6.45) is 1.02. The van der Waals surface area contributed by atoms with Crippen LogP contribution in [0, 0.1) is 0 Å². The molecule has 0 fully saturated rings. The maximum absolute atomic E-state index is 12.2. The second-order valence-corrected chi connectivity index (χ2v) is 6.82. The lowest BCUT2D eigenvalue weighted by Gasteiger charge is -2.18. The van der Waals surface area contributed by atoms with Gasteiger partial charge in [-0.05, 0) is 41.1 Å². The van der Waals surface area contributed by atoms with Crippen LogP contribution in [0.25, 0.3) is 0 Å². The molecule has 25 heavy (non-hydrogen) atoms. The first-order valence-electron chi connectivity index (χ1n) is 8.47. The molecule has 3 aromatic rings. The van der Waals surface area contributed by atoms with Crippen LogP contribution in [0.4, 0.5) is 5.69 Å². The van der Waals surface area contributed by atoms with Crippen LogP contribution in [0.1, 0.15) is 29.0 Å². The van der Waals surface area contributed by atoms with Gasteiger partial charge in [-0.2, -0.15) is 0 Å². The first kappa shape index (κ1) is 17.4. The highest BCUT2D eigenvalue weighted by molar-refractivity contribution is 7.10. The van der Waals surface area contributed by atoms with Crippen molar-refractivity contribution >= 4 is 22.9 Å². The predicted octanol–water partition coefficient (Wildman–Crippen LogP) is 4.63. The van der Waals surface area contributed by atoms with Crippen molar-refractivity contribution in [1.82, 2.24) is 5.32 Å². The van der Waals surface area contributed by atoms with Crippen LogP contribution in [-0.4, -0.2) is 12.5 Å². The van der Waals surface area contributed by atoms with E-state index in [0.29, 0.717) is 0 Å². The van der Waals surface area contributed by atoms with Crippen molar-refractivity contribution in [3.63, 3.8) is 0 Å². The molecule has 3 rings (SSSR count). The van der Waals surface area contributed by atoms with Crippen LogP contribution in [0.3, 0.4) is 0 Å². The van der Waals surface area contributed by atoms with Gasteiger partial charge in [-0.25, -0.2) is 0 Å². The van der Waals surface area contributed by atoms with E-state index in [1.54, 1.807) is 11.3 Å². The summed E-state index contributed by atoms with van der Waals surface area (Å²) in [4.78, 5) is 13.5. The van der Waals surface area contributed by atoms with Crippen LogP contribution in [0.5, 0.6) is 0 Å². The van der Waals surface area contributed by atoms with E-state index in [1.165, 1.54) is 16.0 Å². The summed E-state index contributed by atoms with van der Waals surface area (Å²) in [5.74, 6) is -0.0436. The number of thiophene rings is 1. The van der Waals surface area contributed by atoms with Crippen LogP contribution in [-0.2, 0) is 11.2 Å². The molecule has 3 nitrogen and oxygen atoms in total. The number of carbonyl (C=O) groups excluding carboxylic acids is 1. The molecular weight excluding hydrogens is 328 g/mol. The van der Waals surface area contributed by atoms with Crippen molar-refractivity contribution in [1.29, 1.82) is 0 Å². The van der Waals surface area contributed by atoms with E-state index in [2.05, 4.69) is 53.3 Å². The molecule has 0 aliphatic carbocycles. The molecule has 0 bridgehead atoms. The van der Waals surface area contributed by atoms with Crippen LogP contribution in [0.15, 0.2) is 72.1 Å². The molecule has 0 aliphatic heterocycles. The highest BCUT2D eigenvalue weighted by Gasteiger charge is 2.16. The fourth-order valence-corrected chi connectivity index (χ4v) is 3.53. The Labute approximate surface area is 152 Å². The van der Waals surface area contributed by atoms with E-state index in [4.69, 9.17) is 0 Å². The van der Waals surface area contributed by atoms with Gasteiger partial charge in [-0.1, -0.05) is 55.5 Å². The first-order valence-corrected chi connectivity index (χ1v) is 9.34. The van der Waals surface area contributed by atoms with Gasteiger partial charge in [0.2, 0.25) is 5.91 Å². The van der Waals surface area contributed by atoms with E-state index in [0.717, 1.165) is 12.1 Å². The quantitative estimate of drug-likeness (QED) is 0.652. The van der Waals surface area contributed by atoms with Gasteiger partial charge < -0.3 is 5.32 Å². The van der Waals surface area contributed by atoms with Gasteiger partial charge in [0, 0.05) is 10.6 Å². The van der Waals surface area contributed by atoms with Crippen molar-refractivity contribution in [2.75, 3.05) is 11.9 Å². The van der Waals surface area contributed by atoms with Crippen molar-refractivity contribution in [3.05, 3.63) is 88.1 Å². The molecule has 1 unspecified atom stereocenters. The molecule has 0 saturated heterocycles. The number of para-hydroxylation sites is 1. The SMILES string of the molecule is CCc1ccc(C(NCC(=O)Nc2ccccc2)c2cccs2)cc1. The second-order valence-electron chi connectivity index (χ2n) is 5.84. The molecule has 1 heterocycles. The fraction of sp³-hybridized carbons (Fsp3) is 0.190. The highest BCUT2D eigenvalue weighted by Crippen LogP contribution is 2.26. The molecule has 4 heteroatoms. The molecule has 0 saturated carbocycles. The number of rotatable bonds is 7. The topological polar surface area (TPSA) is 41.1 Å². The number of benzene rings is 2. The van der Waals surface area contributed by atoms with Crippen molar-refractivity contribution in [3.8, 4) is 0 Å². The molecule has 128 valence electrons. The summed E-state index contributed by atoms with van der Waals surface area (Å²) >= 11 is 1.70. The van der Waals surface area contributed by atoms with Crippen LogP contribution in [0.2, 0.25) is 0 Å². The highest BCUT2D eigenvalue weighted by atomic mass is 32.1. The maximum Gasteiger partial charge on any atom is 0.238 e. The number of hydrogen-bond donors (Lipinski definition) is 2. The first-order chi connectivity index (χ1) is 12.3. The number of carbonyl (C=O) groups is 1. The minimum Gasteiger partial charge on any atom is -0.325 e. The van der Waals surface area contributed by atoms with Crippen LogP contribution >= 0.6 is 11.3 Å². The minimum absolute atomic E-state index is 0.0208. The number of nitrogens with one attached hydrogen (secondary N) is 2. The molecule has 1 aromatic heterocycles. The summed E-state index contributed by atoms with van der Waals surface area (Å²) in [6, 6.07) is 22.3. The molecule has 0 aliphatic rings. The fourth-order valence-electron chi connectivity index (χ4n) is 2.71. The van der Waals surface area contributed by atoms with Gasteiger partial charge in [0.25, 0.3) is 0 Å². The Hall–Kier alpha value is -2.43. The Bertz CT molecular complexity index is 783. The lowest BCUT2D eigenvalue weighted by atomic mass is 10.0. The smallest absolute Gasteiger partial charge is 0.238 e. The third-order valence-electron chi connectivity index (χ3n) is 4.07. The third kappa shape index (κ3) is 4.78. The summed E-state index contributed by atoms with van der Waals surface area (Å²) in [6.45, 7) is 2.41. The van der Waals surface area contributed by atoms with Gasteiger partial charge in [0.1, 0.15) is 0 Å². The monoisotopic (exact) mass is 350 g/mol. The average Bonchev–Trinajstić information content (AvgIpc) is 3.18. The Morgan fingerprint density at radius 3 is 2.40 bits per heavy atom. The van der Waals surface area contributed by atoms with E-state index < -0.39 is 0 Å². The lowest BCUT2D eigenvalue weighted by Crippen LogP contribution is -2.31. The summed E-state index contributed by atoms with van der Waals surface area (Å²) in [7, 11) is 0. The Morgan fingerprint density at radius 2 is 1.76 bits per heavy atom. The van der Waals surface area contributed by atoms with Gasteiger partial charge in [0.05, 0.1) is 12.6 Å². The average molecular weight is 350 g/mol. The van der Waals surface area contributed by atoms with Gasteiger partial charge in [0.15, 0.2) is 0 Å². The van der Waals surface area contributed by atoms with Gasteiger partial charge in [-0.15, -0.1) is 11.3 Å². The molecule has 2 N–H and O–H groups in total. The molecule has 2 aromatic carbocycles. The zero-order valence-electron chi connectivity index (χ0n) is 14.2. The maximum atomic E-state index is 12.2. The largest absolute Gasteiger partial charge is 0.325 e. The molecule has 0 radical (unpaired) electrons. The summed E-state index contributed by atoms with van der Waals surface area (Å²) < 4.78 is 0. The third-order valence-corrected chi connectivity index (χ3v) is 5.01. The van der Waals surface area contributed by atoms with Gasteiger partial charge >= 0.3 is 0 Å². The van der Waals surface area contributed by atoms with E-state index in [1.807, 2.05) is 36.4 Å². The zero-order chi connectivity index (χ0) is 17.5. The number of amides is 1. The van der Waals surface area contributed by atoms with Gasteiger partial charge in [-0.3, -0.25) is 10.1 Å². The van der Waals surface area contributed by atoms with E-state index >= 15 is 0 Å². The Balaban J connectivity index is 1.69. The standard InChI is InChI=1S/C21H22N2OS/c1-2-16-10-12-17(13-11-16)21(19-9-6-14-25-19)22-15-20(24)23-18-7-4-3-5-8-18/h3-14,21-22H,2,15H2,1H3,(H,23,24). The molecule has 1 atom stereocenters. The van der Waals surface area contributed by atoms with Crippen LogP contribution < -0.4 is 10.6 Å². The van der Waals surface area contributed by atoms with Crippen molar-refractivity contribution < 1.29 is 4.79 Å². The summed E-state index contributed by atoms with van der Waals surface area (Å²) in [5.41, 5.74) is 3.30. The number of anilines is 1. The lowest BCUT2D eigenvalue weighted by molar-refractivity contribution is -0.115. The number of aryl methyl sites for hydroxylation is 1. The molecule has 1 amide bonds. The number of hydrogen-bond acceptors (Lipinski definition) is 3. The predicted molar refractivity (Wildman–Crippen MR) is 105 cm³/mol. The second kappa shape index (κ2) is 8.60. The summed E-state index contributed by atoms with van der Waals surface area (Å²) in [5, 5.41) is 8.37. The van der Waals surface area contributed by atoms with E-state index in [-0.39, 0.29) is 18.5 Å². The molecular formula is C21H22N2OS. The Kier molecular flexibility index (Phi) is 5.99. The zero-order valence-corrected chi connectivity index (χ0v) is 15.1. The minimum atomic E-state index is -0.0436. The normalized spacial score (nSPS) is 11.9. The molecule has 0 spiro atoms. The van der Waals surface area contributed by atoms with Crippen molar-refractivity contribution in [2.45, 2.75) is 19.4 Å². The Morgan fingerprint density at radius 1 is 1.00 bits per heavy atom. The van der Waals surface area contributed by atoms with Crippen molar-refractivity contribution in [2.24, 2.45) is 0 Å². The van der Waals surface area contributed by atoms with E-state index in [9.17, 15) is 4.79 Å².